The second-order valence-corrected chi connectivity index (χ2v) is 15.5. The Morgan fingerprint density at radius 3 is 1.51 bits per heavy atom. The van der Waals surface area contributed by atoms with Crippen molar-refractivity contribution < 1.29 is 0 Å². The van der Waals surface area contributed by atoms with Crippen LogP contribution in [0.4, 0.5) is 0 Å². The van der Waals surface area contributed by atoms with Crippen molar-refractivity contribution in [3.05, 3.63) is 188 Å². The Bertz CT molecular complexity index is 3470. The Kier molecular flexibility index (Phi) is 7.03. The molecule has 57 heavy (non-hydrogen) atoms. The molecule has 0 amide bonds. The van der Waals surface area contributed by atoms with Gasteiger partial charge in [-0.2, -0.15) is 15.0 Å². The van der Waals surface area contributed by atoms with Crippen LogP contribution >= 0.6 is 11.3 Å². The van der Waals surface area contributed by atoms with E-state index in [1.54, 1.807) is 0 Å². The fourth-order valence-electron chi connectivity index (χ4n) is 8.59. The summed E-state index contributed by atoms with van der Waals surface area (Å²) in [5, 5.41) is 7.18. The molecule has 4 heterocycles. The summed E-state index contributed by atoms with van der Waals surface area (Å²) in [6, 6.07) is 66.7. The summed E-state index contributed by atoms with van der Waals surface area (Å²) in [6.07, 6.45) is 0. The van der Waals surface area contributed by atoms with Crippen LogP contribution < -0.4 is 0 Å². The molecule has 0 saturated carbocycles. The van der Waals surface area contributed by atoms with E-state index in [0.717, 1.165) is 65.9 Å². The number of para-hydroxylation sites is 3. The summed E-state index contributed by atoms with van der Waals surface area (Å²) in [5.41, 5.74) is 9.75. The van der Waals surface area contributed by atoms with Gasteiger partial charge < -0.3 is 0 Å². The van der Waals surface area contributed by atoms with Crippen molar-refractivity contribution in [1.82, 2.24) is 24.1 Å². The minimum atomic E-state index is 0.562. The lowest BCUT2D eigenvalue weighted by molar-refractivity contribution is 0.893. The van der Waals surface area contributed by atoms with Gasteiger partial charge in [0, 0.05) is 47.3 Å². The number of hydrogen-bond acceptors (Lipinski definition) is 4. The van der Waals surface area contributed by atoms with E-state index in [2.05, 4.69) is 197 Å². The molecule has 5 nitrogen and oxygen atoms in total. The molecule has 0 spiro atoms. The Morgan fingerprint density at radius 1 is 0.333 bits per heavy atom. The average molecular weight is 746 g/mol. The van der Waals surface area contributed by atoms with Crippen LogP contribution in [0.2, 0.25) is 0 Å². The molecular formula is C51H31N5S. The SMILES string of the molecule is c1ccc(-c2ccc3c4ccccc4n(-c4nc(-c5ccc(-c6cccc7c6sc6ccccc67)cc5)nc(-n5c6ccccc6c6ccccc65)n4)c3c2)cc1. The van der Waals surface area contributed by atoms with Crippen LogP contribution in [0.1, 0.15) is 0 Å². The van der Waals surface area contributed by atoms with Gasteiger partial charge in [0.15, 0.2) is 5.82 Å². The lowest BCUT2D eigenvalue weighted by atomic mass is 10.0. The summed E-state index contributed by atoms with van der Waals surface area (Å²) < 4.78 is 6.98. The van der Waals surface area contributed by atoms with Crippen LogP contribution in [0.15, 0.2) is 188 Å². The number of thiophene rings is 1. The highest BCUT2D eigenvalue weighted by Gasteiger charge is 2.21. The number of fused-ring (bicyclic) bond motifs is 9. The molecule has 0 fully saturated rings. The van der Waals surface area contributed by atoms with E-state index in [1.165, 1.54) is 25.7 Å². The van der Waals surface area contributed by atoms with Gasteiger partial charge in [0.2, 0.25) is 11.9 Å². The van der Waals surface area contributed by atoms with Gasteiger partial charge in [0.1, 0.15) is 0 Å². The molecule has 0 aliphatic carbocycles. The van der Waals surface area contributed by atoms with Crippen LogP contribution in [0.3, 0.4) is 0 Å². The molecule has 0 aliphatic heterocycles. The molecule has 0 bridgehead atoms. The van der Waals surface area contributed by atoms with Crippen molar-refractivity contribution in [3.8, 4) is 45.5 Å². The van der Waals surface area contributed by atoms with Crippen molar-refractivity contribution in [3.63, 3.8) is 0 Å². The van der Waals surface area contributed by atoms with E-state index >= 15 is 0 Å². The van der Waals surface area contributed by atoms with Crippen molar-refractivity contribution in [2.75, 3.05) is 0 Å². The Labute approximate surface area is 331 Å². The van der Waals surface area contributed by atoms with Crippen LogP contribution in [0, 0.1) is 0 Å². The first-order valence-corrected chi connectivity index (χ1v) is 19.9. The van der Waals surface area contributed by atoms with Gasteiger partial charge in [-0.25, -0.2) is 0 Å². The molecule has 4 aromatic heterocycles. The lowest BCUT2D eigenvalue weighted by Crippen LogP contribution is -2.10. The smallest absolute Gasteiger partial charge is 0.240 e. The maximum absolute atomic E-state index is 5.37. The average Bonchev–Trinajstić information content (AvgIpc) is 3.94. The lowest BCUT2D eigenvalue weighted by Gasteiger charge is -2.13. The van der Waals surface area contributed by atoms with E-state index in [4.69, 9.17) is 15.0 Å². The normalized spacial score (nSPS) is 11.9. The summed E-state index contributed by atoms with van der Waals surface area (Å²) in [7, 11) is 0. The highest BCUT2D eigenvalue weighted by Crippen LogP contribution is 2.41. The van der Waals surface area contributed by atoms with Crippen molar-refractivity contribution in [2.45, 2.75) is 0 Å². The summed E-state index contributed by atoms with van der Waals surface area (Å²) in [5.74, 6) is 1.73. The standard InChI is InChI=1S/C51H31N5S/c1-2-13-32(14-3-1)35-29-30-40-39-17-6-10-23-45(39)56(46(40)31-35)51-53-49(52-50(54-51)55-43-21-8-4-15-37(43)38-16-5-9-22-44(38)55)34-27-25-33(26-28-34)36-19-12-20-42-41-18-7-11-24-47(41)57-48(36)42/h1-31H. The van der Waals surface area contributed by atoms with Gasteiger partial charge in [0.25, 0.3) is 0 Å². The Hall–Kier alpha value is -7.41. The fourth-order valence-corrected chi connectivity index (χ4v) is 9.83. The molecule has 266 valence electrons. The Morgan fingerprint density at radius 2 is 0.842 bits per heavy atom. The van der Waals surface area contributed by atoms with E-state index < -0.39 is 0 Å². The third-order valence-electron chi connectivity index (χ3n) is 11.2. The molecule has 0 atom stereocenters. The molecule has 12 rings (SSSR count). The predicted molar refractivity (Wildman–Crippen MR) is 238 cm³/mol. The van der Waals surface area contributed by atoms with Gasteiger partial charge in [-0.15, -0.1) is 11.3 Å². The van der Waals surface area contributed by atoms with Crippen LogP contribution in [0.5, 0.6) is 0 Å². The summed E-state index contributed by atoms with van der Waals surface area (Å²) in [4.78, 5) is 16.0. The maximum atomic E-state index is 5.37. The molecule has 8 aromatic carbocycles. The second kappa shape index (κ2) is 12.6. The highest BCUT2D eigenvalue weighted by atomic mass is 32.1. The maximum Gasteiger partial charge on any atom is 0.240 e. The summed E-state index contributed by atoms with van der Waals surface area (Å²) >= 11 is 1.85. The third kappa shape index (κ3) is 4.98. The first kappa shape index (κ1) is 31.9. The van der Waals surface area contributed by atoms with E-state index in [0.29, 0.717) is 17.7 Å². The monoisotopic (exact) mass is 745 g/mol. The minimum absolute atomic E-state index is 0.562. The second-order valence-electron chi connectivity index (χ2n) is 14.4. The van der Waals surface area contributed by atoms with Crippen molar-refractivity contribution >= 4 is 75.1 Å². The number of aromatic nitrogens is 5. The predicted octanol–water partition coefficient (Wildman–Crippen LogP) is 13.4. The molecule has 6 heteroatoms. The quantitative estimate of drug-likeness (QED) is 0.176. The first-order chi connectivity index (χ1) is 28.3. The van der Waals surface area contributed by atoms with Gasteiger partial charge in [-0.3, -0.25) is 9.13 Å². The van der Waals surface area contributed by atoms with Gasteiger partial charge >= 0.3 is 0 Å². The zero-order valence-electron chi connectivity index (χ0n) is 30.5. The number of nitrogens with zero attached hydrogens (tertiary/aromatic N) is 5. The van der Waals surface area contributed by atoms with Crippen LogP contribution in [-0.2, 0) is 0 Å². The minimum Gasteiger partial charge on any atom is -0.278 e. The molecule has 12 aromatic rings. The van der Waals surface area contributed by atoms with Crippen LogP contribution in [0.25, 0.3) is 109 Å². The van der Waals surface area contributed by atoms with Gasteiger partial charge in [-0.05, 0) is 52.6 Å². The van der Waals surface area contributed by atoms with E-state index in [-0.39, 0.29) is 0 Å². The topological polar surface area (TPSA) is 48.5 Å². The molecule has 0 unspecified atom stereocenters. The van der Waals surface area contributed by atoms with Gasteiger partial charge in [-0.1, -0.05) is 158 Å². The fraction of sp³-hybridized carbons (Fsp3) is 0. The molecule has 0 radical (unpaired) electrons. The molecular weight excluding hydrogens is 715 g/mol. The van der Waals surface area contributed by atoms with Gasteiger partial charge in [0.05, 0.1) is 22.1 Å². The largest absolute Gasteiger partial charge is 0.278 e. The number of hydrogen-bond donors (Lipinski definition) is 0. The zero-order chi connectivity index (χ0) is 37.5. The number of benzene rings is 8. The molecule has 0 N–H and O–H groups in total. The van der Waals surface area contributed by atoms with E-state index in [1.807, 2.05) is 11.3 Å². The summed E-state index contributed by atoms with van der Waals surface area (Å²) in [6.45, 7) is 0. The van der Waals surface area contributed by atoms with E-state index in [9.17, 15) is 0 Å². The molecule has 0 saturated heterocycles. The third-order valence-corrected chi connectivity index (χ3v) is 12.5. The zero-order valence-corrected chi connectivity index (χ0v) is 31.4. The number of rotatable bonds is 5. The molecule has 0 aliphatic rings. The first-order valence-electron chi connectivity index (χ1n) is 19.1. The van der Waals surface area contributed by atoms with Crippen molar-refractivity contribution in [2.24, 2.45) is 0 Å². The van der Waals surface area contributed by atoms with Crippen molar-refractivity contribution in [1.29, 1.82) is 0 Å². The Balaban J connectivity index is 1.10. The van der Waals surface area contributed by atoms with Crippen LogP contribution in [-0.4, -0.2) is 24.1 Å². The highest BCUT2D eigenvalue weighted by molar-refractivity contribution is 7.26.